The highest BCUT2D eigenvalue weighted by molar-refractivity contribution is 5.77. The van der Waals surface area contributed by atoms with Crippen LogP contribution in [0.5, 0.6) is 5.75 Å². The molecular weight excluding hydrogens is 424 g/mol. The molecule has 1 aliphatic carbocycles. The summed E-state index contributed by atoms with van der Waals surface area (Å²) in [4.78, 5) is 35.2. The standard InChI is InChI=1S/C21H27F2N5O4/c1-12(29)27-8-5-14(6-9-27)25-20-24-11-13-10-15(32-19(22)23)18(30)28(17(13)26-20)16-4-3-7-21(16,2)31/h10-11,14,16,19,31H,3-9H2,1-2H3,(H,24,25,26)/t16-,21-/m1/s1. The number of pyridine rings is 1. The number of nitrogens with one attached hydrogen (secondary N) is 1. The molecule has 2 aliphatic rings. The number of halogens is 2. The predicted molar refractivity (Wildman–Crippen MR) is 113 cm³/mol. The number of ether oxygens (including phenoxy) is 1. The molecule has 4 rings (SSSR count). The van der Waals surface area contributed by atoms with Gasteiger partial charge in [0.1, 0.15) is 5.65 Å². The lowest BCUT2D eigenvalue weighted by Crippen LogP contribution is -2.41. The molecule has 2 aromatic rings. The first-order valence-electron chi connectivity index (χ1n) is 10.8. The number of carbonyl (C=O) groups is 1. The molecule has 9 nitrogen and oxygen atoms in total. The van der Waals surface area contributed by atoms with Crippen molar-refractivity contribution in [2.75, 3.05) is 18.4 Å². The number of aromatic nitrogens is 3. The number of aliphatic hydroxyl groups is 1. The van der Waals surface area contributed by atoms with E-state index in [0.29, 0.717) is 43.7 Å². The van der Waals surface area contributed by atoms with Crippen LogP contribution >= 0.6 is 0 Å². The summed E-state index contributed by atoms with van der Waals surface area (Å²) in [5.41, 5.74) is -1.69. The number of anilines is 1. The normalized spacial score (nSPS) is 24.3. The lowest BCUT2D eigenvalue weighted by Gasteiger charge is -2.32. The number of hydrogen-bond donors (Lipinski definition) is 2. The number of amides is 1. The van der Waals surface area contributed by atoms with Crippen LogP contribution in [0.2, 0.25) is 0 Å². The molecule has 0 radical (unpaired) electrons. The minimum atomic E-state index is -3.15. The molecule has 0 aromatic carbocycles. The van der Waals surface area contributed by atoms with Crippen molar-refractivity contribution in [2.24, 2.45) is 0 Å². The van der Waals surface area contributed by atoms with Crippen molar-refractivity contribution in [2.45, 2.75) is 70.2 Å². The molecule has 2 fully saturated rings. The topological polar surface area (TPSA) is 110 Å². The summed E-state index contributed by atoms with van der Waals surface area (Å²) >= 11 is 0. The van der Waals surface area contributed by atoms with Crippen molar-refractivity contribution >= 4 is 22.9 Å². The number of fused-ring (bicyclic) bond motifs is 1. The fourth-order valence-electron chi connectivity index (χ4n) is 4.69. The Hall–Kier alpha value is -2.82. The summed E-state index contributed by atoms with van der Waals surface area (Å²) in [7, 11) is 0. The second-order valence-corrected chi connectivity index (χ2v) is 8.72. The number of rotatable bonds is 5. The molecular formula is C21H27F2N5O4. The minimum absolute atomic E-state index is 0.0415. The molecule has 0 bridgehead atoms. The van der Waals surface area contributed by atoms with E-state index in [2.05, 4.69) is 20.0 Å². The molecule has 2 aromatic heterocycles. The van der Waals surface area contributed by atoms with E-state index in [1.54, 1.807) is 18.7 Å². The largest absolute Gasteiger partial charge is 0.429 e. The summed E-state index contributed by atoms with van der Waals surface area (Å²) in [5, 5.41) is 14.4. The third kappa shape index (κ3) is 4.38. The lowest BCUT2D eigenvalue weighted by molar-refractivity contribution is -0.129. The Balaban J connectivity index is 1.71. The molecule has 0 spiro atoms. The van der Waals surface area contributed by atoms with Crippen molar-refractivity contribution in [1.29, 1.82) is 0 Å². The molecule has 1 saturated heterocycles. The number of alkyl halides is 2. The molecule has 32 heavy (non-hydrogen) atoms. The van der Waals surface area contributed by atoms with Crippen LogP contribution in [0.1, 0.15) is 52.0 Å². The van der Waals surface area contributed by atoms with Crippen molar-refractivity contribution in [1.82, 2.24) is 19.4 Å². The van der Waals surface area contributed by atoms with Crippen molar-refractivity contribution in [3.63, 3.8) is 0 Å². The second kappa shape index (κ2) is 8.61. The van der Waals surface area contributed by atoms with Crippen LogP contribution in [0.3, 0.4) is 0 Å². The Morgan fingerprint density at radius 1 is 1.34 bits per heavy atom. The van der Waals surface area contributed by atoms with E-state index in [4.69, 9.17) is 0 Å². The molecule has 1 amide bonds. The minimum Gasteiger partial charge on any atom is -0.429 e. The van der Waals surface area contributed by atoms with E-state index >= 15 is 0 Å². The molecule has 11 heteroatoms. The Kier molecular flexibility index (Phi) is 6.02. The van der Waals surface area contributed by atoms with Gasteiger partial charge in [-0.3, -0.25) is 14.2 Å². The molecule has 1 aliphatic heterocycles. The first kappa shape index (κ1) is 22.4. The van der Waals surface area contributed by atoms with Gasteiger partial charge in [-0.1, -0.05) is 0 Å². The van der Waals surface area contributed by atoms with Crippen LogP contribution in [0.15, 0.2) is 17.1 Å². The van der Waals surface area contributed by atoms with Gasteiger partial charge in [0, 0.05) is 37.6 Å². The molecule has 3 heterocycles. The maximum absolute atomic E-state index is 13.1. The Bertz CT molecular complexity index is 1070. The van der Waals surface area contributed by atoms with E-state index in [-0.39, 0.29) is 17.6 Å². The van der Waals surface area contributed by atoms with E-state index < -0.39 is 29.6 Å². The van der Waals surface area contributed by atoms with E-state index in [1.165, 1.54) is 16.8 Å². The fraction of sp³-hybridized carbons (Fsp3) is 0.619. The summed E-state index contributed by atoms with van der Waals surface area (Å²) in [6.07, 6.45) is 4.59. The van der Waals surface area contributed by atoms with Gasteiger partial charge in [-0.15, -0.1) is 0 Å². The maximum Gasteiger partial charge on any atom is 0.387 e. The highest BCUT2D eigenvalue weighted by atomic mass is 19.3. The number of piperidine rings is 1. The van der Waals surface area contributed by atoms with Gasteiger partial charge in [0.05, 0.1) is 11.6 Å². The molecule has 1 saturated carbocycles. The van der Waals surface area contributed by atoms with E-state index in [1.807, 2.05) is 0 Å². The summed E-state index contributed by atoms with van der Waals surface area (Å²) in [6, 6.07) is 0.638. The monoisotopic (exact) mass is 451 g/mol. The van der Waals surface area contributed by atoms with Crippen LogP contribution in [0, 0.1) is 0 Å². The van der Waals surface area contributed by atoms with Gasteiger partial charge in [0.25, 0.3) is 5.56 Å². The van der Waals surface area contributed by atoms with Crippen LogP contribution in [0.4, 0.5) is 14.7 Å². The van der Waals surface area contributed by atoms with E-state index in [0.717, 1.165) is 12.8 Å². The maximum atomic E-state index is 13.1. The van der Waals surface area contributed by atoms with E-state index in [9.17, 15) is 23.5 Å². The quantitative estimate of drug-likeness (QED) is 0.718. The van der Waals surface area contributed by atoms with Gasteiger partial charge < -0.3 is 20.1 Å². The van der Waals surface area contributed by atoms with Crippen LogP contribution in [-0.4, -0.2) is 61.8 Å². The highest BCUT2D eigenvalue weighted by Crippen LogP contribution is 2.40. The zero-order chi connectivity index (χ0) is 23.0. The summed E-state index contributed by atoms with van der Waals surface area (Å²) < 4.78 is 31.5. The SMILES string of the molecule is CC(=O)N1CCC(Nc2ncc3cc(OC(F)F)c(=O)n([C@@H]4CCC[C@@]4(C)O)c3n2)CC1. The molecule has 0 unspecified atom stereocenters. The van der Waals surface area contributed by atoms with Crippen LogP contribution in [0.25, 0.3) is 11.0 Å². The van der Waals surface area contributed by atoms with Gasteiger partial charge in [0.2, 0.25) is 11.9 Å². The first-order valence-corrected chi connectivity index (χ1v) is 10.8. The number of likely N-dealkylation sites (tertiary alicyclic amines) is 1. The molecule has 2 atom stereocenters. The third-order valence-electron chi connectivity index (χ3n) is 6.42. The molecule has 174 valence electrons. The van der Waals surface area contributed by atoms with Crippen molar-refractivity contribution < 1.29 is 23.4 Å². The first-order chi connectivity index (χ1) is 15.2. The Morgan fingerprint density at radius 2 is 2.06 bits per heavy atom. The smallest absolute Gasteiger partial charge is 0.387 e. The number of nitrogens with zero attached hydrogens (tertiary/aromatic N) is 4. The van der Waals surface area contributed by atoms with Gasteiger partial charge in [-0.2, -0.15) is 13.8 Å². The van der Waals surface area contributed by atoms with Gasteiger partial charge in [-0.05, 0) is 45.1 Å². The van der Waals surface area contributed by atoms with Gasteiger partial charge in [0.15, 0.2) is 5.75 Å². The van der Waals surface area contributed by atoms with Gasteiger partial charge >= 0.3 is 6.61 Å². The zero-order valence-corrected chi connectivity index (χ0v) is 18.1. The lowest BCUT2D eigenvalue weighted by atomic mass is 10.00. The zero-order valence-electron chi connectivity index (χ0n) is 18.1. The number of carbonyl (C=O) groups excluding carboxylic acids is 1. The number of hydrogen-bond acceptors (Lipinski definition) is 7. The average molecular weight is 451 g/mol. The Labute approximate surface area is 183 Å². The van der Waals surface area contributed by atoms with Gasteiger partial charge in [-0.25, -0.2) is 4.98 Å². The van der Waals surface area contributed by atoms with Crippen LogP contribution < -0.4 is 15.6 Å². The third-order valence-corrected chi connectivity index (χ3v) is 6.42. The summed E-state index contributed by atoms with van der Waals surface area (Å²) in [6.45, 7) is 1.28. The fourth-order valence-corrected chi connectivity index (χ4v) is 4.69. The Morgan fingerprint density at radius 3 is 2.66 bits per heavy atom. The molecule has 2 N–H and O–H groups in total. The van der Waals surface area contributed by atoms with Crippen molar-refractivity contribution in [3.05, 3.63) is 22.6 Å². The predicted octanol–water partition coefficient (Wildman–Crippen LogP) is 2.29. The average Bonchev–Trinajstić information content (AvgIpc) is 3.07. The van der Waals surface area contributed by atoms with Crippen molar-refractivity contribution in [3.8, 4) is 5.75 Å². The van der Waals surface area contributed by atoms with Crippen LogP contribution in [-0.2, 0) is 4.79 Å². The second-order valence-electron chi connectivity index (χ2n) is 8.72. The summed E-state index contributed by atoms with van der Waals surface area (Å²) in [5.74, 6) is -0.164. The highest BCUT2D eigenvalue weighted by Gasteiger charge is 2.40.